The maximum absolute atomic E-state index is 12.3. The van der Waals surface area contributed by atoms with Crippen molar-refractivity contribution in [2.45, 2.75) is 39.3 Å². The third-order valence-corrected chi connectivity index (χ3v) is 6.80. The first-order chi connectivity index (χ1) is 11.7. The Morgan fingerprint density at radius 3 is 2.62 bits per heavy atom. The van der Waals surface area contributed by atoms with Crippen LogP contribution in [0.5, 0.6) is 0 Å². The summed E-state index contributed by atoms with van der Waals surface area (Å²) in [4.78, 5) is 27.4. The number of hydrogen-bond acceptors (Lipinski definition) is 4. The second kappa shape index (κ2) is 6.31. The smallest absolute Gasteiger partial charge is 0.352 e. The molecule has 1 amide bonds. The van der Waals surface area contributed by atoms with Gasteiger partial charge in [0.25, 0.3) is 5.82 Å². The minimum absolute atomic E-state index is 0. The molecule has 2 aliphatic heterocycles. The molecule has 26 heavy (non-hydrogen) atoms. The van der Waals surface area contributed by atoms with Crippen LogP contribution in [0.4, 0.5) is 0 Å². The summed E-state index contributed by atoms with van der Waals surface area (Å²) in [6.07, 6.45) is 1.65. The lowest BCUT2D eigenvalue weighted by Gasteiger charge is -2.44. The van der Waals surface area contributed by atoms with Gasteiger partial charge in [-0.15, -0.1) is 0 Å². The zero-order valence-electron chi connectivity index (χ0n) is 14.9. The predicted octanol–water partition coefficient (Wildman–Crippen LogP) is -2.15. The molecule has 0 spiro atoms. The van der Waals surface area contributed by atoms with Gasteiger partial charge in [-0.05, 0) is 13.3 Å². The Balaban J connectivity index is 0.00000196. The molecular formula is C17H20IN3O4S. The Morgan fingerprint density at radius 2 is 2.08 bits per heavy atom. The van der Waals surface area contributed by atoms with E-state index < -0.39 is 18.0 Å². The third-order valence-electron chi connectivity index (χ3n) is 5.55. The molecule has 2 aromatic heterocycles. The van der Waals surface area contributed by atoms with Gasteiger partial charge in [0.1, 0.15) is 11.9 Å². The van der Waals surface area contributed by atoms with E-state index in [0.29, 0.717) is 12.0 Å². The van der Waals surface area contributed by atoms with Crippen molar-refractivity contribution >= 4 is 33.6 Å². The lowest BCUT2D eigenvalue weighted by atomic mass is 9.83. The maximum Gasteiger partial charge on any atom is 0.352 e. The zero-order chi connectivity index (χ0) is 18.2. The number of β-lactam (4-membered cyclic amide) rings is 1. The molecule has 4 heterocycles. The van der Waals surface area contributed by atoms with Crippen molar-refractivity contribution in [1.29, 1.82) is 0 Å². The number of fused-ring (bicyclic) bond motifs is 2. The molecule has 0 radical (unpaired) electrons. The quantitative estimate of drug-likeness (QED) is 0.293. The number of nitrogens with zero attached hydrogens (tertiary/aromatic N) is 3. The van der Waals surface area contributed by atoms with E-state index in [0.717, 1.165) is 21.2 Å². The van der Waals surface area contributed by atoms with Crippen LogP contribution in [0.25, 0.3) is 10.4 Å². The zero-order valence-corrected chi connectivity index (χ0v) is 17.8. The van der Waals surface area contributed by atoms with Gasteiger partial charge in [0.15, 0.2) is 5.69 Å². The van der Waals surface area contributed by atoms with Crippen LogP contribution in [0.15, 0.2) is 11.9 Å². The van der Waals surface area contributed by atoms with Crippen LogP contribution in [0.3, 0.4) is 0 Å². The molecule has 2 N–H and O–H groups in total. The van der Waals surface area contributed by atoms with Crippen molar-refractivity contribution in [3.8, 4) is 0 Å². The number of rotatable bonds is 3. The molecule has 0 aromatic carbocycles. The van der Waals surface area contributed by atoms with Gasteiger partial charge in [-0.1, -0.05) is 11.3 Å². The van der Waals surface area contributed by atoms with Gasteiger partial charge in [-0.25, -0.2) is 9.36 Å². The number of carboxylic acid groups (broad SMARTS) is 1. The van der Waals surface area contributed by atoms with Crippen molar-refractivity contribution < 1.29 is 48.2 Å². The van der Waals surface area contributed by atoms with E-state index in [2.05, 4.69) is 8.97 Å². The molecule has 2 aliphatic rings. The number of aryl methyl sites for hydroxylation is 2. The summed E-state index contributed by atoms with van der Waals surface area (Å²) in [5.74, 6) is -0.841. The number of carbonyl (C=O) groups is 2. The van der Waals surface area contributed by atoms with Crippen LogP contribution in [0.1, 0.15) is 29.7 Å². The van der Waals surface area contributed by atoms with Crippen LogP contribution in [-0.4, -0.2) is 43.7 Å². The fourth-order valence-electron chi connectivity index (χ4n) is 4.02. The third kappa shape index (κ3) is 2.36. The normalized spacial score (nSPS) is 23.1. The topological polar surface area (TPSA) is 86.9 Å². The van der Waals surface area contributed by atoms with Crippen LogP contribution in [0, 0.1) is 19.8 Å². The molecule has 0 bridgehead atoms. The molecule has 0 saturated carbocycles. The summed E-state index contributed by atoms with van der Waals surface area (Å²) >= 11 is 1.54. The summed E-state index contributed by atoms with van der Waals surface area (Å²) in [7, 11) is 2.00. The van der Waals surface area contributed by atoms with Gasteiger partial charge in [0, 0.05) is 19.4 Å². The standard InChI is InChI=1S/C17H19N3O4S.HI/c1-7-16-19(9(3)18(7)4)6-12(25-16)10-5-11-13(8(2)21)15(22)20(11)14(10)17(23)24;/h6,8,11,13,21H,5H2,1-4H3;1H/t8-,11-,13-;/m1./s1. The number of aliphatic hydroxyl groups is 1. The molecule has 0 aliphatic carbocycles. The number of aromatic nitrogens is 2. The summed E-state index contributed by atoms with van der Waals surface area (Å²) in [5, 5.41) is 19.5. The Hall–Kier alpha value is -1.46. The highest BCUT2D eigenvalue weighted by Gasteiger charge is 2.57. The summed E-state index contributed by atoms with van der Waals surface area (Å²) in [5.41, 5.74) is 1.87. The van der Waals surface area contributed by atoms with Crippen LogP contribution >= 0.6 is 11.3 Å². The van der Waals surface area contributed by atoms with Gasteiger partial charge in [0.2, 0.25) is 10.7 Å². The molecule has 1 fully saturated rings. The summed E-state index contributed by atoms with van der Waals surface area (Å²) < 4.78 is 4.16. The Morgan fingerprint density at radius 1 is 1.42 bits per heavy atom. The fourth-order valence-corrected chi connectivity index (χ4v) is 5.26. The van der Waals surface area contributed by atoms with E-state index >= 15 is 0 Å². The van der Waals surface area contributed by atoms with Crippen molar-refractivity contribution in [3.05, 3.63) is 28.3 Å². The van der Waals surface area contributed by atoms with Crippen LogP contribution in [-0.2, 0) is 16.6 Å². The number of aliphatic hydroxyl groups excluding tert-OH is 1. The molecule has 3 atom stereocenters. The number of amides is 1. The predicted molar refractivity (Wildman–Crippen MR) is 90.9 cm³/mol. The molecule has 7 nitrogen and oxygen atoms in total. The molecule has 2 aromatic rings. The minimum Gasteiger partial charge on any atom is -1.00 e. The highest BCUT2D eigenvalue weighted by molar-refractivity contribution is 7.18. The number of carboxylic acids is 1. The first-order valence-electron chi connectivity index (χ1n) is 8.19. The molecule has 4 rings (SSSR count). The van der Waals surface area contributed by atoms with Crippen LogP contribution < -0.4 is 28.4 Å². The largest absolute Gasteiger partial charge is 1.00 e. The lowest BCUT2D eigenvalue weighted by Crippen LogP contribution is -3.00. The lowest BCUT2D eigenvalue weighted by molar-refractivity contribution is -0.516. The van der Waals surface area contributed by atoms with Crippen molar-refractivity contribution in [3.63, 3.8) is 0 Å². The molecular weight excluding hydrogens is 469 g/mol. The molecule has 140 valence electrons. The second-order valence-corrected chi connectivity index (χ2v) is 7.87. The fraction of sp³-hybridized carbons (Fsp3) is 0.471. The summed E-state index contributed by atoms with van der Waals surface area (Å²) in [6, 6.07) is -0.256. The second-order valence-electron chi connectivity index (χ2n) is 6.84. The Bertz CT molecular complexity index is 937. The van der Waals surface area contributed by atoms with Crippen molar-refractivity contribution in [2.24, 2.45) is 13.0 Å². The first-order valence-corrected chi connectivity index (χ1v) is 9.00. The number of thiazole rings is 1. The average Bonchev–Trinajstić information content (AvgIpc) is 3.16. The summed E-state index contributed by atoms with van der Waals surface area (Å²) in [6.45, 7) is 5.63. The molecule has 0 unspecified atom stereocenters. The van der Waals surface area contributed by atoms with Gasteiger partial charge in [-0.2, -0.15) is 4.40 Å². The number of imidazole rings is 1. The van der Waals surface area contributed by atoms with Gasteiger partial charge in [-0.3, -0.25) is 4.79 Å². The monoisotopic (exact) mass is 489 g/mol. The Kier molecular flexibility index (Phi) is 4.68. The molecule has 1 saturated heterocycles. The molecule has 9 heteroatoms. The van der Waals surface area contributed by atoms with E-state index in [1.54, 1.807) is 18.3 Å². The number of carbonyl (C=O) groups excluding carboxylic acids is 1. The van der Waals surface area contributed by atoms with E-state index in [-0.39, 0.29) is 41.6 Å². The first kappa shape index (κ1) is 19.3. The van der Waals surface area contributed by atoms with Gasteiger partial charge in [0.05, 0.1) is 30.0 Å². The average molecular weight is 489 g/mol. The van der Waals surface area contributed by atoms with Crippen LogP contribution in [0.2, 0.25) is 0 Å². The van der Waals surface area contributed by atoms with E-state index in [9.17, 15) is 19.8 Å². The highest BCUT2D eigenvalue weighted by atomic mass is 127. The van der Waals surface area contributed by atoms with Gasteiger partial charge < -0.3 is 39.1 Å². The minimum atomic E-state index is -1.09. The Labute approximate surface area is 171 Å². The van der Waals surface area contributed by atoms with E-state index in [4.69, 9.17) is 0 Å². The highest BCUT2D eigenvalue weighted by Crippen LogP contribution is 2.47. The van der Waals surface area contributed by atoms with Crippen molar-refractivity contribution in [1.82, 2.24) is 9.47 Å². The van der Waals surface area contributed by atoms with E-state index in [1.165, 1.54) is 4.90 Å². The SMILES string of the molecule is Cc1c2sc(C3=C(C(=O)O)N4C(=O)[C@H]([C@@H](C)O)[C@H]4C3)c[n+]2c(C)n1C.[I-]. The van der Waals surface area contributed by atoms with Gasteiger partial charge >= 0.3 is 5.97 Å². The number of halogens is 1. The van der Waals surface area contributed by atoms with E-state index in [1.807, 2.05) is 27.1 Å². The number of aliphatic carboxylic acids is 1. The number of hydrogen-bond donors (Lipinski definition) is 2. The van der Waals surface area contributed by atoms with Crippen molar-refractivity contribution in [2.75, 3.05) is 0 Å². The maximum atomic E-state index is 12.3.